The summed E-state index contributed by atoms with van der Waals surface area (Å²) in [4.78, 5) is 13.7. The van der Waals surface area contributed by atoms with Crippen LogP contribution in [0.15, 0.2) is 24.3 Å². The average molecular weight is 296 g/mol. The van der Waals surface area contributed by atoms with Crippen LogP contribution in [0.5, 0.6) is 5.75 Å². The second-order valence-corrected chi connectivity index (χ2v) is 5.27. The van der Waals surface area contributed by atoms with Crippen LogP contribution in [0.1, 0.15) is 12.8 Å². The van der Waals surface area contributed by atoms with Crippen molar-refractivity contribution >= 4 is 5.91 Å². The zero-order chi connectivity index (χ0) is 15.2. The number of benzene rings is 1. The van der Waals surface area contributed by atoms with Crippen molar-refractivity contribution in [3.63, 3.8) is 0 Å². The first kappa shape index (κ1) is 15.7. The van der Waals surface area contributed by atoms with Crippen LogP contribution >= 0.6 is 0 Å². The molecule has 2 N–H and O–H groups in total. The number of carbonyl (C=O) groups is 1. The zero-order valence-corrected chi connectivity index (χ0v) is 12.1. The second-order valence-electron chi connectivity index (χ2n) is 5.27. The largest absolute Gasteiger partial charge is 0.494 e. The number of hydrogen-bond acceptors (Lipinski definition) is 4. The van der Waals surface area contributed by atoms with E-state index in [-0.39, 0.29) is 17.8 Å². The normalized spacial score (nSPS) is 21.3. The summed E-state index contributed by atoms with van der Waals surface area (Å²) in [6.07, 6.45) is 0.721. The molecule has 0 spiro atoms. The summed E-state index contributed by atoms with van der Waals surface area (Å²) in [5.41, 5.74) is 0. The van der Waals surface area contributed by atoms with Gasteiger partial charge in [-0.25, -0.2) is 4.39 Å². The van der Waals surface area contributed by atoms with Crippen LogP contribution in [0.4, 0.5) is 4.39 Å². The Balaban J connectivity index is 1.66. The van der Waals surface area contributed by atoms with Gasteiger partial charge in [-0.15, -0.1) is 0 Å². The Morgan fingerprint density at radius 3 is 2.81 bits per heavy atom. The van der Waals surface area contributed by atoms with E-state index >= 15 is 0 Å². The number of likely N-dealkylation sites (N-methyl/N-ethyl adjacent to an activating group) is 1. The van der Waals surface area contributed by atoms with Crippen molar-refractivity contribution in [1.29, 1.82) is 0 Å². The number of rotatable bonds is 6. The number of ether oxygens (including phenoxy) is 1. The highest BCUT2D eigenvalue weighted by Gasteiger charge is 2.29. The third-order valence-corrected chi connectivity index (χ3v) is 3.50. The van der Waals surface area contributed by atoms with Gasteiger partial charge in [0.2, 0.25) is 5.91 Å². The summed E-state index contributed by atoms with van der Waals surface area (Å²) in [6.45, 7) is 1.51. The monoisotopic (exact) mass is 296 g/mol. The van der Waals surface area contributed by atoms with Gasteiger partial charge in [0.25, 0.3) is 0 Å². The van der Waals surface area contributed by atoms with Crippen LogP contribution in [-0.2, 0) is 4.79 Å². The molecule has 1 aliphatic heterocycles. The molecular weight excluding hydrogens is 275 g/mol. The van der Waals surface area contributed by atoms with E-state index in [1.807, 2.05) is 0 Å². The smallest absolute Gasteiger partial charge is 0.239 e. The van der Waals surface area contributed by atoms with Gasteiger partial charge in [0, 0.05) is 20.1 Å². The molecule has 21 heavy (non-hydrogen) atoms. The SMILES string of the molecule is CN(CCCOc1ccc(F)cc1)C(=O)[C@H]1C[C@@H](O)CN1. The molecule has 0 bridgehead atoms. The fourth-order valence-corrected chi connectivity index (χ4v) is 2.30. The molecule has 1 fully saturated rings. The Kier molecular flexibility index (Phi) is 5.52. The van der Waals surface area contributed by atoms with Gasteiger partial charge in [0.1, 0.15) is 11.6 Å². The number of amides is 1. The molecule has 2 atom stereocenters. The minimum atomic E-state index is -0.436. The lowest BCUT2D eigenvalue weighted by molar-refractivity contribution is -0.132. The molecule has 1 amide bonds. The highest BCUT2D eigenvalue weighted by atomic mass is 19.1. The number of hydrogen-bond donors (Lipinski definition) is 2. The fraction of sp³-hybridized carbons (Fsp3) is 0.533. The van der Waals surface area contributed by atoms with E-state index < -0.39 is 6.10 Å². The molecule has 1 aromatic rings. The van der Waals surface area contributed by atoms with E-state index in [0.29, 0.717) is 38.3 Å². The van der Waals surface area contributed by atoms with Crippen LogP contribution in [0, 0.1) is 5.82 Å². The molecule has 116 valence electrons. The minimum Gasteiger partial charge on any atom is -0.494 e. The minimum absolute atomic E-state index is 0.00617. The number of β-amino-alcohol motifs (C(OH)–C–C–N with tert-alkyl or cyclic N) is 1. The predicted octanol–water partition coefficient (Wildman–Crippen LogP) is 0.776. The number of carbonyl (C=O) groups excluding carboxylic acids is 1. The zero-order valence-electron chi connectivity index (χ0n) is 12.1. The quantitative estimate of drug-likeness (QED) is 0.762. The molecule has 1 aromatic carbocycles. The molecule has 0 aromatic heterocycles. The van der Waals surface area contributed by atoms with Crippen molar-refractivity contribution in [3.8, 4) is 5.75 Å². The maximum atomic E-state index is 12.7. The van der Waals surface area contributed by atoms with Crippen LogP contribution in [0.2, 0.25) is 0 Å². The van der Waals surface area contributed by atoms with Gasteiger partial charge in [-0.2, -0.15) is 0 Å². The Bertz CT molecular complexity index is 466. The molecule has 0 saturated carbocycles. The molecular formula is C15H21FN2O3. The molecule has 1 aliphatic rings. The summed E-state index contributed by atoms with van der Waals surface area (Å²) in [7, 11) is 1.74. The number of aliphatic hydroxyl groups excluding tert-OH is 1. The van der Waals surface area contributed by atoms with Crippen LogP contribution in [-0.4, -0.2) is 54.8 Å². The first-order chi connectivity index (χ1) is 10.1. The maximum Gasteiger partial charge on any atom is 0.239 e. The number of nitrogens with zero attached hydrogens (tertiary/aromatic N) is 1. The van der Waals surface area contributed by atoms with Crippen molar-refractivity contribution in [2.24, 2.45) is 0 Å². The van der Waals surface area contributed by atoms with Gasteiger partial charge in [0.15, 0.2) is 0 Å². The predicted molar refractivity (Wildman–Crippen MR) is 76.6 cm³/mol. The Hall–Kier alpha value is -1.66. The first-order valence-corrected chi connectivity index (χ1v) is 7.11. The lowest BCUT2D eigenvalue weighted by atomic mass is 10.2. The lowest BCUT2D eigenvalue weighted by Crippen LogP contribution is -2.42. The van der Waals surface area contributed by atoms with Crippen molar-refractivity contribution in [2.75, 3.05) is 26.7 Å². The van der Waals surface area contributed by atoms with Gasteiger partial charge in [0.05, 0.1) is 18.8 Å². The van der Waals surface area contributed by atoms with Crippen LogP contribution in [0.25, 0.3) is 0 Å². The van der Waals surface area contributed by atoms with Crippen molar-refractivity contribution in [1.82, 2.24) is 10.2 Å². The topological polar surface area (TPSA) is 61.8 Å². The van der Waals surface area contributed by atoms with Crippen molar-refractivity contribution in [2.45, 2.75) is 25.0 Å². The highest BCUT2D eigenvalue weighted by molar-refractivity contribution is 5.82. The van der Waals surface area contributed by atoms with Crippen molar-refractivity contribution in [3.05, 3.63) is 30.1 Å². The molecule has 0 radical (unpaired) electrons. The fourth-order valence-electron chi connectivity index (χ4n) is 2.30. The summed E-state index contributed by atoms with van der Waals surface area (Å²) in [5.74, 6) is 0.318. The van der Waals surface area contributed by atoms with E-state index in [1.165, 1.54) is 12.1 Å². The Labute approximate surface area is 123 Å². The van der Waals surface area contributed by atoms with Crippen LogP contribution in [0.3, 0.4) is 0 Å². The van der Waals surface area contributed by atoms with Gasteiger partial charge in [-0.1, -0.05) is 0 Å². The third kappa shape index (κ3) is 4.68. The van der Waals surface area contributed by atoms with E-state index in [4.69, 9.17) is 4.74 Å². The summed E-state index contributed by atoms with van der Waals surface area (Å²) in [5, 5.41) is 12.4. The summed E-state index contributed by atoms with van der Waals surface area (Å²) < 4.78 is 18.2. The average Bonchev–Trinajstić information content (AvgIpc) is 2.91. The molecule has 0 unspecified atom stereocenters. The number of halogens is 1. The van der Waals surface area contributed by atoms with Gasteiger partial charge in [-0.3, -0.25) is 4.79 Å². The van der Waals surface area contributed by atoms with Gasteiger partial charge in [-0.05, 0) is 37.1 Å². The van der Waals surface area contributed by atoms with Crippen molar-refractivity contribution < 1.29 is 19.0 Å². The number of nitrogens with one attached hydrogen (secondary N) is 1. The standard InChI is InChI=1S/C15H21FN2O3/c1-18(15(20)14-9-12(19)10-17-14)7-2-8-21-13-5-3-11(16)4-6-13/h3-6,12,14,17,19H,2,7-10H2,1H3/t12-,14-/m1/s1. The number of aliphatic hydroxyl groups is 1. The molecule has 5 nitrogen and oxygen atoms in total. The first-order valence-electron chi connectivity index (χ1n) is 7.11. The maximum absolute atomic E-state index is 12.7. The molecule has 6 heteroatoms. The van der Waals surface area contributed by atoms with E-state index in [2.05, 4.69) is 5.32 Å². The van der Waals surface area contributed by atoms with E-state index in [9.17, 15) is 14.3 Å². The van der Waals surface area contributed by atoms with Gasteiger partial charge < -0.3 is 20.1 Å². The Morgan fingerprint density at radius 1 is 1.48 bits per heavy atom. The van der Waals surface area contributed by atoms with E-state index in [0.717, 1.165) is 0 Å². The van der Waals surface area contributed by atoms with E-state index in [1.54, 1.807) is 24.1 Å². The molecule has 1 saturated heterocycles. The van der Waals surface area contributed by atoms with Crippen LogP contribution < -0.4 is 10.1 Å². The molecule has 1 heterocycles. The lowest BCUT2D eigenvalue weighted by Gasteiger charge is -2.21. The second kappa shape index (κ2) is 7.38. The molecule has 2 rings (SSSR count). The molecule has 0 aliphatic carbocycles. The summed E-state index contributed by atoms with van der Waals surface area (Å²) in [6, 6.07) is 5.56. The highest BCUT2D eigenvalue weighted by Crippen LogP contribution is 2.12. The third-order valence-electron chi connectivity index (χ3n) is 3.50. The summed E-state index contributed by atoms with van der Waals surface area (Å²) >= 11 is 0. The van der Waals surface area contributed by atoms with Gasteiger partial charge >= 0.3 is 0 Å². The Morgan fingerprint density at radius 2 is 2.19 bits per heavy atom.